The van der Waals surface area contributed by atoms with Gasteiger partial charge in [0.25, 0.3) is 0 Å². The van der Waals surface area contributed by atoms with Crippen LogP contribution in [0.15, 0.2) is 54.9 Å². The minimum Gasteiger partial charge on any atom is -0.396 e. The van der Waals surface area contributed by atoms with Crippen molar-refractivity contribution in [2.75, 3.05) is 11.1 Å². The predicted octanol–water partition coefficient (Wildman–Crippen LogP) is 3.88. The second-order valence-electron chi connectivity index (χ2n) is 5.34. The van der Waals surface area contributed by atoms with Crippen LogP contribution in [0.2, 0.25) is 0 Å². The van der Waals surface area contributed by atoms with Gasteiger partial charge in [-0.1, -0.05) is 29.8 Å². The number of hydrogen-bond donors (Lipinski definition) is 2. The first-order chi connectivity index (χ1) is 11.1. The predicted molar refractivity (Wildman–Crippen MR) is 95.5 cm³/mol. The second kappa shape index (κ2) is 6.62. The second-order valence-corrected chi connectivity index (χ2v) is 6.39. The topological polar surface area (TPSA) is 68.0 Å². The number of rotatable bonds is 4. The molecule has 3 N–H and O–H groups in total. The maximum absolute atomic E-state index is 12.2. The molecule has 3 aromatic rings. The molecule has 0 fully saturated rings. The molecule has 0 unspecified atom stereocenters. The number of nitrogens with zero attached hydrogens (tertiary/aromatic N) is 1. The zero-order valence-corrected chi connectivity index (χ0v) is 13.6. The number of nitrogens with two attached hydrogens (primary N) is 1. The summed E-state index contributed by atoms with van der Waals surface area (Å²) in [5, 5.41) is 3.59. The Kier molecular flexibility index (Phi) is 4.39. The van der Waals surface area contributed by atoms with Crippen LogP contribution >= 0.6 is 11.3 Å². The maximum Gasteiger partial charge on any atom is 0.229 e. The smallest absolute Gasteiger partial charge is 0.229 e. The lowest BCUT2D eigenvalue weighted by molar-refractivity contribution is -0.115. The zero-order chi connectivity index (χ0) is 16.2. The summed E-state index contributed by atoms with van der Waals surface area (Å²) in [5.41, 5.74) is 9.80. The molecule has 23 heavy (non-hydrogen) atoms. The Morgan fingerprint density at radius 3 is 2.57 bits per heavy atom. The number of nitrogen functional groups attached to an aromatic ring is 1. The van der Waals surface area contributed by atoms with E-state index in [2.05, 4.69) is 10.3 Å². The van der Waals surface area contributed by atoms with Crippen LogP contribution in [0.4, 0.5) is 10.7 Å². The molecule has 0 saturated carbocycles. The summed E-state index contributed by atoms with van der Waals surface area (Å²) in [5.74, 6) is -0.0660. The SMILES string of the molecule is Cc1ccc(CC(=O)Nc2sc(-c3ccncc3)cc2N)cc1. The summed E-state index contributed by atoms with van der Waals surface area (Å²) in [7, 11) is 0. The highest BCUT2D eigenvalue weighted by Gasteiger charge is 2.11. The Balaban J connectivity index is 1.71. The fraction of sp³-hybridized carbons (Fsp3) is 0.111. The van der Waals surface area contributed by atoms with E-state index < -0.39 is 0 Å². The molecule has 2 aromatic heterocycles. The molecule has 4 nitrogen and oxygen atoms in total. The Bertz CT molecular complexity index is 810. The van der Waals surface area contributed by atoms with Gasteiger partial charge in [0.1, 0.15) is 5.00 Å². The Labute approximate surface area is 139 Å². The lowest BCUT2D eigenvalue weighted by atomic mass is 10.1. The van der Waals surface area contributed by atoms with Crippen LogP contribution in [-0.2, 0) is 11.2 Å². The average molecular weight is 323 g/mol. The fourth-order valence-corrected chi connectivity index (χ4v) is 3.22. The molecule has 0 aliphatic rings. The maximum atomic E-state index is 12.2. The van der Waals surface area contributed by atoms with Crippen LogP contribution in [0.25, 0.3) is 10.4 Å². The van der Waals surface area contributed by atoms with Gasteiger partial charge in [-0.15, -0.1) is 11.3 Å². The van der Waals surface area contributed by atoms with Crippen molar-refractivity contribution in [1.29, 1.82) is 0 Å². The average Bonchev–Trinajstić information content (AvgIpc) is 2.91. The summed E-state index contributed by atoms with van der Waals surface area (Å²) in [4.78, 5) is 17.2. The van der Waals surface area contributed by atoms with Crippen LogP contribution in [0.1, 0.15) is 11.1 Å². The number of aryl methyl sites for hydroxylation is 1. The minimum absolute atomic E-state index is 0.0660. The minimum atomic E-state index is -0.0660. The van der Waals surface area contributed by atoms with E-state index >= 15 is 0 Å². The van der Waals surface area contributed by atoms with E-state index in [0.29, 0.717) is 17.1 Å². The van der Waals surface area contributed by atoms with Crippen molar-refractivity contribution in [3.63, 3.8) is 0 Å². The van der Waals surface area contributed by atoms with Crippen LogP contribution in [0, 0.1) is 6.92 Å². The van der Waals surface area contributed by atoms with E-state index in [0.717, 1.165) is 16.0 Å². The number of anilines is 2. The molecule has 0 atom stereocenters. The number of carbonyl (C=O) groups excluding carboxylic acids is 1. The van der Waals surface area contributed by atoms with Crippen LogP contribution in [0.5, 0.6) is 0 Å². The zero-order valence-electron chi connectivity index (χ0n) is 12.7. The standard InChI is InChI=1S/C18H17N3OS/c1-12-2-4-13(5-3-12)10-17(22)21-18-15(19)11-16(23-18)14-6-8-20-9-7-14/h2-9,11H,10,19H2,1H3,(H,21,22). The lowest BCUT2D eigenvalue weighted by Crippen LogP contribution is -2.14. The number of thiophene rings is 1. The van der Waals surface area contributed by atoms with Gasteiger partial charge in [0.15, 0.2) is 0 Å². The molecule has 0 spiro atoms. The molecule has 0 bridgehead atoms. The normalized spacial score (nSPS) is 10.5. The first-order valence-electron chi connectivity index (χ1n) is 7.27. The molecule has 0 aliphatic heterocycles. The van der Waals surface area contributed by atoms with Gasteiger partial charge in [0.2, 0.25) is 5.91 Å². The lowest BCUT2D eigenvalue weighted by Gasteiger charge is -2.04. The van der Waals surface area contributed by atoms with Gasteiger partial charge in [0.05, 0.1) is 12.1 Å². The number of amides is 1. The highest BCUT2D eigenvalue weighted by molar-refractivity contribution is 7.20. The molecule has 1 amide bonds. The summed E-state index contributed by atoms with van der Waals surface area (Å²) in [6.45, 7) is 2.02. The van der Waals surface area contributed by atoms with Crippen molar-refractivity contribution in [1.82, 2.24) is 4.98 Å². The van der Waals surface area contributed by atoms with E-state index in [1.54, 1.807) is 12.4 Å². The first kappa shape index (κ1) is 15.2. The molecule has 0 saturated heterocycles. The summed E-state index contributed by atoms with van der Waals surface area (Å²) >= 11 is 1.47. The summed E-state index contributed by atoms with van der Waals surface area (Å²) in [6, 6.07) is 13.7. The van der Waals surface area contributed by atoms with Gasteiger partial charge < -0.3 is 11.1 Å². The van der Waals surface area contributed by atoms with E-state index in [4.69, 9.17) is 5.73 Å². The molecule has 3 rings (SSSR count). The molecule has 0 radical (unpaired) electrons. The van der Waals surface area contributed by atoms with Crippen molar-refractivity contribution in [3.05, 3.63) is 66.0 Å². The molecule has 0 aliphatic carbocycles. The highest BCUT2D eigenvalue weighted by atomic mass is 32.1. The first-order valence-corrected chi connectivity index (χ1v) is 8.08. The van der Waals surface area contributed by atoms with Crippen molar-refractivity contribution in [2.24, 2.45) is 0 Å². The molecule has 5 heteroatoms. The van der Waals surface area contributed by atoms with Crippen molar-refractivity contribution in [2.45, 2.75) is 13.3 Å². The van der Waals surface area contributed by atoms with Gasteiger partial charge in [-0.2, -0.15) is 0 Å². The van der Waals surface area contributed by atoms with Gasteiger partial charge >= 0.3 is 0 Å². The van der Waals surface area contributed by atoms with E-state index in [-0.39, 0.29) is 5.91 Å². The molecule has 1 aromatic carbocycles. The third-order valence-corrected chi connectivity index (χ3v) is 4.58. The number of hydrogen-bond acceptors (Lipinski definition) is 4. The number of nitrogens with one attached hydrogen (secondary N) is 1. The third-order valence-electron chi connectivity index (χ3n) is 3.46. The van der Waals surface area contributed by atoms with Gasteiger partial charge in [-0.05, 0) is 36.2 Å². The molecule has 2 heterocycles. The number of pyridine rings is 1. The molecular formula is C18H17N3OS. The fourth-order valence-electron chi connectivity index (χ4n) is 2.22. The van der Waals surface area contributed by atoms with Gasteiger partial charge in [0, 0.05) is 17.3 Å². The van der Waals surface area contributed by atoms with Gasteiger partial charge in [-0.25, -0.2) is 0 Å². The number of benzene rings is 1. The Morgan fingerprint density at radius 1 is 1.17 bits per heavy atom. The molecular weight excluding hydrogens is 306 g/mol. The van der Waals surface area contributed by atoms with Crippen LogP contribution in [0.3, 0.4) is 0 Å². The number of aromatic nitrogens is 1. The monoisotopic (exact) mass is 323 g/mol. The van der Waals surface area contributed by atoms with Crippen LogP contribution in [-0.4, -0.2) is 10.9 Å². The van der Waals surface area contributed by atoms with Crippen LogP contribution < -0.4 is 11.1 Å². The van der Waals surface area contributed by atoms with E-state index in [9.17, 15) is 4.79 Å². The molecule has 116 valence electrons. The quantitative estimate of drug-likeness (QED) is 0.765. The Morgan fingerprint density at radius 2 is 1.87 bits per heavy atom. The largest absolute Gasteiger partial charge is 0.396 e. The van der Waals surface area contributed by atoms with Crippen molar-refractivity contribution >= 4 is 27.9 Å². The van der Waals surface area contributed by atoms with E-state index in [1.807, 2.05) is 49.4 Å². The summed E-state index contributed by atoms with van der Waals surface area (Å²) in [6.07, 6.45) is 3.81. The van der Waals surface area contributed by atoms with Crippen molar-refractivity contribution in [3.8, 4) is 10.4 Å². The van der Waals surface area contributed by atoms with Crippen molar-refractivity contribution < 1.29 is 4.79 Å². The highest BCUT2D eigenvalue weighted by Crippen LogP contribution is 2.36. The Hall–Kier alpha value is -2.66. The van der Waals surface area contributed by atoms with E-state index in [1.165, 1.54) is 16.9 Å². The number of carbonyl (C=O) groups is 1. The summed E-state index contributed by atoms with van der Waals surface area (Å²) < 4.78 is 0. The van der Waals surface area contributed by atoms with Gasteiger partial charge in [-0.3, -0.25) is 9.78 Å². The third kappa shape index (κ3) is 3.76.